The highest BCUT2D eigenvalue weighted by Crippen LogP contribution is 2.45. The van der Waals surface area contributed by atoms with Gasteiger partial charge in [-0.3, -0.25) is 37.3 Å². The van der Waals surface area contributed by atoms with E-state index >= 15 is 0 Å². The Balaban J connectivity index is 5.15. The van der Waals surface area contributed by atoms with Gasteiger partial charge in [0, 0.05) is 25.7 Å². The summed E-state index contributed by atoms with van der Waals surface area (Å²) in [7, 11) is -9.90. The van der Waals surface area contributed by atoms with Gasteiger partial charge in [-0.15, -0.1) is 0 Å². The summed E-state index contributed by atoms with van der Waals surface area (Å²) in [5, 5.41) is 10.6. The van der Waals surface area contributed by atoms with Crippen LogP contribution in [0, 0.1) is 5.92 Å². The van der Waals surface area contributed by atoms with Crippen molar-refractivity contribution in [3.8, 4) is 0 Å². The number of hydrogen-bond donors (Lipinski definition) is 3. The lowest BCUT2D eigenvalue weighted by molar-refractivity contribution is -0.161. The lowest BCUT2D eigenvalue weighted by Crippen LogP contribution is -2.30. The normalized spacial score (nSPS) is 14.3. The summed E-state index contributed by atoms with van der Waals surface area (Å²) >= 11 is 0. The van der Waals surface area contributed by atoms with Crippen LogP contribution in [0.25, 0.3) is 0 Å². The minimum atomic E-state index is -4.95. The molecule has 552 valence electrons. The van der Waals surface area contributed by atoms with Gasteiger partial charge in [0.25, 0.3) is 0 Å². The van der Waals surface area contributed by atoms with Crippen LogP contribution in [-0.2, 0) is 65.4 Å². The summed E-state index contributed by atoms with van der Waals surface area (Å²) in [5.74, 6) is -1.25. The Bertz CT molecular complexity index is 1790. The van der Waals surface area contributed by atoms with Gasteiger partial charge < -0.3 is 33.8 Å². The topological polar surface area (TPSA) is 237 Å². The van der Waals surface area contributed by atoms with Gasteiger partial charge in [-0.25, -0.2) is 9.13 Å². The van der Waals surface area contributed by atoms with E-state index in [4.69, 9.17) is 37.0 Å². The first-order valence-corrected chi connectivity index (χ1v) is 41.7. The Hall–Kier alpha value is -1.94. The molecule has 6 atom stereocenters. The van der Waals surface area contributed by atoms with Crippen molar-refractivity contribution in [1.82, 2.24) is 0 Å². The predicted octanol–water partition coefficient (Wildman–Crippen LogP) is 21.7. The molecule has 0 aromatic heterocycles. The number of esters is 4. The van der Waals surface area contributed by atoms with Crippen LogP contribution in [0.5, 0.6) is 0 Å². The highest BCUT2D eigenvalue weighted by molar-refractivity contribution is 7.47. The second-order valence-electron chi connectivity index (χ2n) is 26.9. The van der Waals surface area contributed by atoms with Gasteiger partial charge in [0.05, 0.1) is 26.4 Å². The quantitative estimate of drug-likeness (QED) is 0.0222. The molecule has 3 N–H and O–H groups in total. The number of rotatable bonds is 74. The summed E-state index contributed by atoms with van der Waals surface area (Å²) < 4.78 is 68.3. The molecule has 17 nitrogen and oxygen atoms in total. The van der Waals surface area contributed by atoms with Crippen molar-refractivity contribution in [1.29, 1.82) is 0 Å². The Kier molecular flexibility index (Phi) is 65.9. The van der Waals surface area contributed by atoms with Crippen molar-refractivity contribution >= 4 is 39.5 Å². The average Bonchev–Trinajstić information content (AvgIpc) is 2.96. The molecule has 0 fully saturated rings. The average molecular weight is 1370 g/mol. The van der Waals surface area contributed by atoms with Crippen molar-refractivity contribution < 1.29 is 80.2 Å². The second kappa shape index (κ2) is 67.3. The van der Waals surface area contributed by atoms with Crippen LogP contribution in [-0.4, -0.2) is 96.7 Å². The van der Waals surface area contributed by atoms with Crippen LogP contribution >= 0.6 is 15.6 Å². The van der Waals surface area contributed by atoms with E-state index in [-0.39, 0.29) is 25.7 Å². The minimum Gasteiger partial charge on any atom is -0.462 e. The number of hydrogen-bond acceptors (Lipinski definition) is 15. The zero-order chi connectivity index (χ0) is 68.4. The first kappa shape index (κ1) is 91.1. The van der Waals surface area contributed by atoms with E-state index in [2.05, 4.69) is 34.6 Å². The molecule has 0 heterocycles. The molecule has 0 aromatic carbocycles. The second-order valence-corrected chi connectivity index (χ2v) is 29.8. The summed E-state index contributed by atoms with van der Waals surface area (Å²) in [4.78, 5) is 72.6. The molecule has 0 aliphatic carbocycles. The van der Waals surface area contributed by atoms with Crippen molar-refractivity contribution in [2.24, 2.45) is 5.92 Å². The molecule has 0 aliphatic heterocycles. The van der Waals surface area contributed by atoms with Crippen molar-refractivity contribution in [2.45, 2.75) is 406 Å². The molecule has 3 unspecified atom stereocenters. The third-order valence-corrected chi connectivity index (χ3v) is 19.5. The number of unbranched alkanes of at least 4 members (excludes halogenated alkanes) is 45. The maximum atomic E-state index is 13.1. The van der Waals surface area contributed by atoms with E-state index < -0.39 is 97.5 Å². The molecule has 0 bridgehead atoms. The molecular weight excluding hydrogens is 1220 g/mol. The van der Waals surface area contributed by atoms with E-state index in [0.29, 0.717) is 25.7 Å². The van der Waals surface area contributed by atoms with Crippen molar-refractivity contribution in [3.63, 3.8) is 0 Å². The maximum absolute atomic E-state index is 13.1. The fourth-order valence-corrected chi connectivity index (χ4v) is 12.9. The lowest BCUT2D eigenvalue weighted by atomic mass is 9.99. The number of ether oxygens (including phenoxy) is 4. The van der Waals surface area contributed by atoms with Crippen LogP contribution in [0.3, 0.4) is 0 Å². The van der Waals surface area contributed by atoms with Gasteiger partial charge in [0.1, 0.15) is 19.3 Å². The van der Waals surface area contributed by atoms with Gasteiger partial charge in [-0.05, 0) is 31.6 Å². The lowest BCUT2D eigenvalue weighted by Gasteiger charge is -2.21. The monoisotopic (exact) mass is 1370 g/mol. The molecule has 0 saturated carbocycles. The standard InChI is InChI=1S/C74H144O17P2/c1-6-10-13-16-19-22-24-34-39-43-48-53-58-72(77)85-64-70(91-74(79)60-55-50-45-40-35-32-30-28-26-25-27-29-31-33-37-41-46-51-56-67(5)9-4)66-89-93(82,83)87-62-68(75)61-86-92(80,81)88-65-69(63-84-71(76)57-52-47-42-36-21-18-15-12-8-3)90-73(78)59-54-49-44-38-23-20-17-14-11-7-2/h67-70,75H,6-66H2,1-5H3,(H,80,81)(H,82,83)/t67?,68-,69+,70+/m0/s1. The molecular formula is C74H144O17P2. The van der Waals surface area contributed by atoms with Crippen LogP contribution in [0.2, 0.25) is 0 Å². The van der Waals surface area contributed by atoms with E-state index in [1.807, 2.05) is 0 Å². The summed E-state index contributed by atoms with van der Waals surface area (Å²) in [6.07, 6.45) is 55.5. The van der Waals surface area contributed by atoms with E-state index in [1.54, 1.807) is 0 Å². The summed E-state index contributed by atoms with van der Waals surface area (Å²) in [6.45, 7) is 7.31. The first-order chi connectivity index (χ1) is 45.1. The Labute approximate surface area is 568 Å². The molecule has 0 aliphatic rings. The largest absolute Gasteiger partial charge is 0.472 e. The number of phosphoric acid groups is 2. The van der Waals surface area contributed by atoms with Gasteiger partial charge in [0.15, 0.2) is 12.2 Å². The minimum absolute atomic E-state index is 0.107. The Morgan fingerprint density at radius 1 is 0.301 bits per heavy atom. The molecule has 0 radical (unpaired) electrons. The number of carbonyl (C=O) groups is 4. The number of aliphatic hydroxyl groups is 1. The van der Waals surface area contributed by atoms with E-state index in [0.717, 1.165) is 95.8 Å². The third kappa shape index (κ3) is 67.0. The Morgan fingerprint density at radius 2 is 0.516 bits per heavy atom. The SMILES string of the molecule is CCCCCCCCCCCCCCC(=O)OC[C@H](COP(=O)(O)OC[C@@H](O)COP(=O)(O)OC[C@@H](COC(=O)CCCCCCCCCCC)OC(=O)CCCCCCCCCCCC)OC(=O)CCCCCCCCCCCCCCCCCCCCC(C)CC. The van der Waals surface area contributed by atoms with Crippen LogP contribution in [0.15, 0.2) is 0 Å². The predicted molar refractivity (Wildman–Crippen MR) is 377 cm³/mol. The fraction of sp³-hybridized carbons (Fsp3) is 0.946. The fourth-order valence-electron chi connectivity index (χ4n) is 11.3. The highest BCUT2D eigenvalue weighted by atomic mass is 31.2. The van der Waals surface area contributed by atoms with E-state index in [1.165, 1.54) is 212 Å². The highest BCUT2D eigenvalue weighted by Gasteiger charge is 2.30. The van der Waals surface area contributed by atoms with Gasteiger partial charge in [0.2, 0.25) is 0 Å². The molecule has 0 amide bonds. The van der Waals surface area contributed by atoms with Gasteiger partial charge >= 0.3 is 39.5 Å². The maximum Gasteiger partial charge on any atom is 0.472 e. The van der Waals surface area contributed by atoms with Gasteiger partial charge in [-0.2, -0.15) is 0 Å². The molecule has 0 saturated heterocycles. The molecule has 93 heavy (non-hydrogen) atoms. The zero-order valence-corrected chi connectivity index (χ0v) is 62.2. The summed E-state index contributed by atoms with van der Waals surface area (Å²) in [6, 6.07) is 0. The first-order valence-electron chi connectivity index (χ1n) is 38.7. The Morgan fingerprint density at radius 3 is 0.763 bits per heavy atom. The molecule has 0 spiro atoms. The molecule has 0 rings (SSSR count). The number of phosphoric ester groups is 2. The van der Waals surface area contributed by atoms with Gasteiger partial charge in [-0.1, -0.05) is 336 Å². The number of carbonyl (C=O) groups excluding carboxylic acids is 4. The third-order valence-electron chi connectivity index (χ3n) is 17.6. The van der Waals surface area contributed by atoms with E-state index in [9.17, 15) is 43.2 Å². The molecule has 19 heteroatoms. The van der Waals surface area contributed by atoms with Crippen LogP contribution in [0.4, 0.5) is 0 Å². The van der Waals surface area contributed by atoms with Crippen LogP contribution < -0.4 is 0 Å². The molecule has 0 aromatic rings. The number of aliphatic hydroxyl groups excluding tert-OH is 1. The smallest absolute Gasteiger partial charge is 0.462 e. The summed E-state index contributed by atoms with van der Waals surface area (Å²) in [5.41, 5.74) is 0. The van der Waals surface area contributed by atoms with Crippen molar-refractivity contribution in [2.75, 3.05) is 39.6 Å². The zero-order valence-electron chi connectivity index (χ0n) is 60.4. The van der Waals surface area contributed by atoms with Crippen molar-refractivity contribution in [3.05, 3.63) is 0 Å². The van der Waals surface area contributed by atoms with Crippen LogP contribution in [0.1, 0.15) is 388 Å².